The summed E-state index contributed by atoms with van der Waals surface area (Å²) in [5, 5.41) is 2.80. The first-order valence-corrected chi connectivity index (χ1v) is 6.65. The fraction of sp³-hybridized carbons (Fsp3) is 0.267. The number of nitrogens with one attached hydrogen (secondary N) is 1. The Morgan fingerprint density at radius 2 is 2.05 bits per heavy atom. The molecule has 0 unspecified atom stereocenters. The summed E-state index contributed by atoms with van der Waals surface area (Å²) in [6.07, 6.45) is 0. The quantitative estimate of drug-likeness (QED) is 0.868. The molecule has 1 N–H and O–H groups in total. The monoisotopic (exact) mass is 285 g/mol. The number of amides is 2. The average Bonchev–Trinajstić information content (AvgIpc) is 2.68. The highest BCUT2D eigenvalue weighted by atomic mass is 16.4. The van der Waals surface area contributed by atoms with E-state index in [9.17, 15) is 9.59 Å². The molecule has 2 aromatic rings. The van der Waals surface area contributed by atoms with Crippen molar-refractivity contribution in [3.63, 3.8) is 0 Å². The van der Waals surface area contributed by atoms with Gasteiger partial charge in [-0.2, -0.15) is 0 Å². The number of rotatable bonds is 1. The molecular weight excluding hydrogens is 270 g/mol. The van der Waals surface area contributed by atoms with Crippen molar-refractivity contribution < 1.29 is 14.0 Å². The Hall–Kier alpha value is -2.63. The minimum absolute atomic E-state index is 0.00724. The molecule has 3 rings (SSSR count). The zero-order valence-corrected chi connectivity index (χ0v) is 11.8. The lowest BCUT2D eigenvalue weighted by molar-refractivity contribution is -0.116. The maximum atomic E-state index is 12.6. The Morgan fingerprint density at radius 1 is 1.29 bits per heavy atom. The molecule has 108 valence electrons. The zero-order valence-electron chi connectivity index (χ0n) is 11.8. The van der Waals surface area contributed by atoms with E-state index in [4.69, 9.17) is 4.42 Å². The van der Waals surface area contributed by atoms with Crippen molar-refractivity contribution in [2.75, 3.05) is 11.9 Å². The molecule has 1 aliphatic rings. The van der Waals surface area contributed by atoms with Crippen LogP contribution in [0.5, 0.6) is 0 Å². The number of hydrogen-bond donors (Lipinski definition) is 1. The van der Waals surface area contributed by atoms with E-state index in [-0.39, 0.29) is 24.1 Å². The Bertz CT molecular complexity index is 721. The van der Waals surface area contributed by atoms with Gasteiger partial charge in [0.05, 0.1) is 5.69 Å². The largest absolute Gasteiger partial charge is 0.436 e. The summed E-state index contributed by atoms with van der Waals surface area (Å²) in [5.74, 6) is 0.0948. The molecule has 0 fully saturated rings. The molecule has 1 aromatic carbocycles. The van der Waals surface area contributed by atoms with Gasteiger partial charge >= 0.3 is 0 Å². The fourth-order valence-electron chi connectivity index (χ4n) is 2.42. The van der Waals surface area contributed by atoms with Crippen LogP contribution in [0.4, 0.5) is 5.69 Å². The number of benzene rings is 1. The van der Waals surface area contributed by atoms with Crippen molar-refractivity contribution in [1.82, 2.24) is 9.88 Å². The number of hydrogen-bond acceptors (Lipinski definition) is 4. The second-order valence-electron chi connectivity index (χ2n) is 5.01. The van der Waals surface area contributed by atoms with Gasteiger partial charge in [0.25, 0.3) is 5.91 Å². The van der Waals surface area contributed by atoms with Gasteiger partial charge in [-0.3, -0.25) is 9.59 Å². The average molecular weight is 285 g/mol. The molecule has 1 aromatic heterocycles. The molecule has 2 amide bonds. The summed E-state index contributed by atoms with van der Waals surface area (Å²) in [6, 6.07) is 7.44. The number of fused-ring (bicyclic) bond motifs is 1. The van der Waals surface area contributed by atoms with E-state index in [2.05, 4.69) is 10.3 Å². The van der Waals surface area contributed by atoms with Crippen LogP contribution in [0, 0.1) is 13.8 Å². The van der Waals surface area contributed by atoms with E-state index in [1.54, 1.807) is 13.8 Å². The lowest BCUT2D eigenvalue weighted by Gasteiger charge is -2.18. The molecule has 0 bridgehead atoms. The topological polar surface area (TPSA) is 75.4 Å². The van der Waals surface area contributed by atoms with Crippen LogP contribution in [0.15, 0.2) is 28.7 Å². The summed E-state index contributed by atoms with van der Waals surface area (Å²) in [5.41, 5.74) is 2.17. The second kappa shape index (κ2) is 5.05. The number of nitrogens with zero attached hydrogens (tertiary/aromatic N) is 2. The third kappa shape index (κ3) is 2.52. The van der Waals surface area contributed by atoms with Gasteiger partial charge in [-0.15, -0.1) is 0 Å². The van der Waals surface area contributed by atoms with Crippen LogP contribution in [0.1, 0.15) is 27.7 Å². The summed E-state index contributed by atoms with van der Waals surface area (Å²) in [7, 11) is 0. The van der Waals surface area contributed by atoms with Crippen LogP contribution < -0.4 is 5.32 Å². The first-order valence-electron chi connectivity index (χ1n) is 6.65. The van der Waals surface area contributed by atoms with Gasteiger partial charge in [0.15, 0.2) is 5.89 Å². The standard InChI is InChI=1S/C15H15N3O3/c1-9-14(21-10(2)16-9)15(20)18-7-11-5-3-4-6-12(11)17-13(19)8-18/h3-6H,7-8H2,1-2H3,(H,17,19). The van der Waals surface area contributed by atoms with Crippen LogP contribution in [0.3, 0.4) is 0 Å². The van der Waals surface area contributed by atoms with Gasteiger partial charge in [-0.25, -0.2) is 4.98 Å². The van der Waals surface area contributed by atoms with Crippen LogP contribution in [0.25, 0.3) is 0 Å². The van der Waals surface area contributed by atoms with Gasteiger partial charge in [0.1, 0.15) is 6.54 Å². The summed E-state index contributed by atoms with van der Waals surface area (Å²) < 4.78 is 5.36. The zero-order chi connectivity index (χ0) is 15.0. The number of oxazole rings is 1. The number of carbonyl (C=O) groups excluding carboxylic acids is 2. The van der Waals surface area contributed by atoms with Gasteiger partial charge in [-0.1, -0.05) is 18.2 Å². The molecule has 1 aliphatic heterocycles. The van der Waals surface area contributed by atoms with Crippen LogP contribution in [-0.2, 0) is 11.3 Å². The Kier molecular flexibility index (Phi) is 3.21. The van der Waals surface area contributed by atoms with Crippen molar-refractivity contribution in [3.8, 4) is 0 Å². The summed E-state index contributed by atoms with van der Waals surface area (Å²) in [6.45, 7) is 3.75. The molecular formula is C15H15N3O3. The van der Waals surface area contributed by atoms with Crippen LogP contribution >= 0.6 is 0 Å². The molecule has 0 aliphatic carbocycles. The summed E-state index contributed by atoms with van der Waals surface area (Å²) >= 11 is 0. The van der Waals surface area contributed by atoms with E-state index in [0.717, 1.165) is 11.3 Å². The van der Waals surface area contributed by atoms with Crippen LogP contribution in [-0.4, -0.2) is 28.2 Å². The predicted molar refractivity (Wildman–Crippen MR) is 75.8 cm³/mol. The molecule has 21 heavy (non-hydrogen) atoms. The predicted octanol–water partition coefficient (Wildman–Crippen LogP) is 1.89. The maximum Gasteiger partial charge on any atom is 0.292 e. The lowest BCUT2D eigenvalue weighted by atomic mass is 10.1. The highest BCUT2D eigenvalue weighted by Gasteiger charge is 2.27. The van der Waals surface area contributed by atoms with Gasteiger partial charge < -0.3 is 14.6 Å². The smallest absolute Gasteiger partial charge is 0.292 e. The third-order valence-electron chi connectivity index (χ3n) is 3.37. The Labute approximate surface area is 121 Å². The molecule has 2 heterocycles. The molecule has 0 spiro atoms. The Morgan fingerprint density at radius 3 is 2.76 bits per heavy atom. The van der Waals surface area contributed by atoms with E-state index in [1.807, 2.05) is 24.3 Å². The maximum absolute atomic E-state index is 12.6. The lowest BCUT2D eigenvalue weighted by Crippen LogP contribution is -2.35. The number of aromatic nitrogens is 1. The third-order valence-corrected chi connectivity index (χ3v) is 3.37. The Balaban J connectivity index is 1.94. The van der Waals surface area contributed by atoms with E-state index < -0.39 is 0 Å². The number of aryl methyl sites for hydroxylation is 2. The number of para-hydroxylation sites is 1. The van der Waals surface area contributed by atoms with Crippen molar-refractivity contribution in [2.45, 2.75) is 20.4 Å². The van der Waals surface area contributed by atoms with E-state index >= 15 is 0 Å². The SMILES string of the molecule is Cc1nc(C)c(C(=O)N2CC(=O)Nc3ccccc3C2)o1. The molecule has 0 radical (unpaired) electrons. The first kappa shape index (κ1) is 13.4. The van der Waals surface area contributed by atoms with E-state index in [0.29, 0.717) is 18.1 Å². The van der Waals surface area contributed by atoms with Gasteiger partial charge in [0.2, 0.25) is 11.7 Å². The minimum Gasteiger partial charge on any atom is -0.436 e. The normalized spacial score (nSPS) is 14.4. The highest BCUT2D eigenvalue weighted by Crippen LogP contribution is 2.22. The number of carbonyl (C=O) groups is 2. The van der Waals surface area contributed by atoms with Crippen molar-refractivity contribution in [2.24, 2.45) is 0 Å². The van der Waals surface area contributed by atoms with Crippen molar-refractivity contribution >= 4 is 17.5 Å². The molecule has 6 heteroatoms. The van der Waals surface area contributed by atoms with E-state index in [1.165, 1.54) is 4.90 Å². The number of anilines is 1. The van der Waals surface area contributed by atoms with Gasteiger partial charge in [0, 0.05) is 19.2 Å². The first-order chi connectivity index (χ1) is 10.0. The molecule has 6 nitrogen and oxygen atoms in total. The highest BCUT2D eigenvalue weighted by molar-refractivity contribution is 5.99. The van der Waals surface area contributed by atoms with Gasteiger partial charge in [-0.05, 0) is 18.6 Å². The van der Waals surface area contributed by atoms with Crippen molar-refractivity contribution in [3.05, 3.63) is 47.2 Å². The minimum atomic E-state index is -0.319. The van der Waals surface area contributed by atoms with Crippen LogP contribution in [0.2, 0.25) is 0 Å². The molecule has 0 atom stereocenters. The second-order valence-corrected chi connectivity index (χ2v) is 5.01. The molecule has 0 saturated heterocycles. The van der Waals surface area contributed by atoms with Crippen molar-refractivity contribution in [1.29, 1.82) is 0 Å². The summed E-state index contributed by atoms with van der Waals surface area (Å²) in [4.78, 5) is 30.1. The molecule has 0 saturated carbocycles. The fourth-order valence-corrected chi connectivity index (χ4v) is 2.42.